The maximum Gasteiger partial charge on any atom is 0.267 e. The molecule has 0 aliphatic carbocycles. The van der Waals surface area contributed by atoms with Gasteiger partial charge in [-0.3, -0.25) is 4.79 Å². The first-order chi connectivity index (χ1) is 16.7. The fourth-order valence-electron chi connectivity index (χ4n) is 3.29. The average Bonchev–Trinajstić information content (AvgIpc) is 2.84. The molecular weight excluding hydrogens is 464 g/mol. The molecule has 2 heterocycles. The Kier molecular flexibility index (Phi) is 6.83. The first kappa shape index (κ1) is 24.0. The van der Waals surface area contributed by atoms with Gasteiger partial charge in [0.1, 0.15) is 5.69 Å². The van der Waals surface area contributed by atoms with Crippen LogP contribution in [0.15, 0.2) is 87.7 Å². The van der Waals surface area contributed by atoms with Crippen LogP contribution in [0.4, 0.5) is 5.69 Å². The fraction of sp³-hybridized carbons (Fsp3) is 0.160. The Hall–Kier alpha value is -4.18. The van der Waals surface area contributed by atoms with Gasteiger partial charge in [-0.1, -0.05) is 30.3 Å². The van der Waals surface area contributed by atoms with E-state index in [0.29, 0.717) is 22.8 Å². The molecule has 10 heteroatoms. The van der Waals surface area contributed by atoms with Crippen LogP contribution >= 0.6 is 0 Å². The van der Waals surface area contributed by atoms with Gasteiger partial charge in [-0.2, -0.15) is 5.10 Å². The number of sulfone groups is 1. The van der Waals surface area contributed by atoms with E-state index in [0.717, 1.165) is 17.4 Å². The summed E-state index contributed by atoms with van der Waals surface area (Å²) in [5.41, 5.74) is 3.36. The molecule has 4 aromatic rings. The Morgan fingerprint density at radius 1 is 0.971 bits per heavy atom. The maximum atomic E-state index is 12.5. The van der Waals surface area contributed by atoms with Crippen molar-refractivity contribution in [3.05, 3.63) is 89.0 Å². The Bertz CT molecular complexity index is 1530. The monoisotopic (exact) mass is 488 g/mol. The lowest BCUT2D eigenvalue weighted by Crippen LogP contribution is -2.22. The Morgan fingerprint density at radius 3 is 2.34 bits per heavy atom. The van der Waals surface area contributed by atoms with Gasteiger partial charge < -0.3 is 4.90 Å². The Labute approximate surface area is 203 Å². The molecule has 0 unspecified atom stereocenters. The Morgan fingerprint density at radius 2 is 1.69 bits per heavy atom. The molecule has 0 saturated carbocycles. The Balaban J connectivity index is 1.57. The second-order valence-corrected chi connectivity index (χ2v) is 10.2. The topological polar surface area (TPSA) is 110 Å². The highest BCUT2D eigenvalue weighted by Gasteiger charge is 2.10. The quantitative estimate of drug-likeness (QED) is 0.290. The molecule has 0 aliphatic heterocycles. The lowest BCUT2D eigenvalue weighted by molar-refractivity contribution is 0.602. The molecule has 178 valence electrons. The maximum absolute atomic E-state index is 12.5. The van der Waals surface area contributed by atoms with Gasteiger partial charge in [0, 0.05) is 37.5 Å². The molecule has 0 bridgehead atoms. The van der Waals surface area contributed by atoms with E-state index in [1.165, 1.54) is 22.9 Å². The SMILES string of the molecule is CN(C)C=Nc1cnc(-c2cccc(Cn3nc(-c4ccc(S(C)(=O)=O)cc4)ccc3=O)c2)nc1. The highest BCUT2D eigenvalue weighted by Crippen LogP contribution is 2.20. The zero-order chi connectivity index (χ0) is 25.0. The van der Waals surface area contributed by atoms with Gasteiger partial charge in [-0.05, 0) is 29.8 Å². The van der Waals surface area contributed by atoms with Crippen LogP contribution in [0.25, 0.3) is 22.6 Å². The summed E-state index contributed by atoms with van der Waals surface area (Å²) in [6, 6.07) is 17.1. The number of benzene rings is 2. The van der Waals surface area contributed by atoms with Crippen LogP contribution in [0.2, 0.25) is 0 Å². The smallest absolute Gasteiger partial charge is 0.267 e. The molecule has 0 fully saturated rings. The van der Waals surface area contributed by atoms with Crippen molar-refractivity contribution in [1.29, 1.82) is 0 Å². The fourth-order valence-corrected chi connectivity index (χ4v) is 3.92. The van der Waals surface area contributed by atoms with Crippen molar-refractivity contribution in [3.63, 3.8) is 0 Å². The van der Waals surface area contributed by atoms with E-state index in [1.54, 1.807) is 36.9 Å². The minimum absolute atomic E-state index is 0.228. The van der Waals surface area contributed by atoms with Crippen LogP contribution < -0.4 is 5.56 Å². The summed E-state index contributed by atoms with van der Waals surface area (Å²) in [5.74, 6) is 0.552. The van der Waals surface area contributed by atoms with E-state index in [1.807, 2.05) is 43.3 Å². The molecule has 4 rings (SSSR count). The third-order valence-corrected chi connectivity index (χ3v) is 6.17. The van der Waals surface area contributed by atoms with Crippen molar-refractivity contribution in [3.8, 4) is 22.6 Å². The number of hydrogen-bond acceptors (Lipinski definition) is 7. The van der Waals surface area contributed by atoms with Crippen LogP contribution in [0, 0.1) is 0 Å². The normalized spacial score (nSPS) is 11.6. The highest BCUT2D eigenvalue weighted by atomic mass is 32.2. The molecule has 2 aromatic heterocycles. The van der Waals surface area contributed by atoms with Crippen molar-refractivity contribution in [1.82, 2.24) is 24.6 Å². The van der Waals surface area contributed by atoms with Crippen LogP contribution in [0.3, 0.4) is 0 Å². The summed E-state index contributed by atoms with van der Waals surface area (Å²) in [4.78, 5) is 27.6. The van der Waals surface area contributed by atoms with Gasteiger partial charge in [0.05, 0.1) is 35.9 Å². The molecule has 0 spiro atoms. The third-order valence-electron chi connectivity index (χ3n) is 5.04. The second-order valence-electron chi connectivity index (χ2n) is 8.18. The van der Waals surface area contributed by atoms with E-state index >= 15 is 0 Å². The average molecular weight is 489 g/mol. The predicted molar refractivity (Wildman–Crippen MR) is 135 cm³/mol. The van der Waals surface area contributed by atoms with Crippen LogP contribution in [-0.4, -0.2) is 59.8 Å². The molecule has 0 amide bonds. The first-order valence-corrected chi connectivity index (χ1v) is 12.6. The first-order valence-electron chi connectivity index (χ1n) is 10.7. The van der Waals surface area contributed by atoms with E-state index in [4.69, 9.17) is 0 Å². The largest absolute Gasteiger partial charge is 0.369 e. The molecule has 0 radical (unpaired) electrons. The standard InChI is InChI=1S/C25H24N6O3S/c1-30(2)17-28-21-14-26-25(27-15-21)20-6-4-5-18(13-20)16-31-24(32)12-11-23(29-31)19-7-9-22(10-8-19)35(3,33)34/h4-15,17H,16H2,1-3H3. The van der Waals surface area contributed by atoms with Gasteiger partial charge in [0.25, 0.3) is 5.56 Å². The number of rotatable bonds is 7. The zero-order valence-corrected chi connectivity index (χ0v) is 20.3. The number of aliphatic imine (C=N–C) groups is 1. The summed E-state index contributed by atoms with van der Waals surface area (Å²) in [6.45, 7) is 0.257. The van der Waals surface area contributed by atoms with E-state index < -0.39 is 9.84 Å². The predicted octanol–water partition coefficient (Wildman–Crippen LogP) is 3.04. The number of aromatic nitrogens is 4. The molecule has 9 nitrogen and oxygen atoms in total. The minimum Gasteiger partial charge on any atom is -0.369 e. The van der Waals surface area contributed by atoms with Gasteiger partial charge >= 0.3 is 0 Å². The highest BCUT2D eigenvalue weighted by molar-refractivity contribution is 7.90. The number of nitrogens with zero attached hydrogens (tertiary/aromatic N) is 6. The summed E-state index contributed by atoms with van der Waals surface area (Å²) < 4.78 is 24.8. The van der Waals surface area contributed by atoms with E-state index in [-0.39, 0.29) is 17.0 Å². The van der Waals surface area contributed by atoms with E-state index in [2.05, 4.69) is 20.1 Å². The summed E-state index contributed by atoms with van der Waals surface area (Å²) in [7, 11) is 0.479. The summed E-state index contributed by atoms with van der Waals surface area (Å²) in [6.07, 6.45) is 6.14. The molecule has 2 aromatic carbocycles. The third kappa shape index (κ3) is 6.04. The van der Waals surface area contributed by atoms with Gasteiger partial charge in [-0.25, -0.2) is 28.1 Å². The van der Waals surface area contributed by atoms with Crippen LogP contribution in [-0.2, 0) is 16.4 Å². The van der Waals surface area contributed by atoms with Crippen molar-refractivity contribution in [2.75, 3.05) is 20.4 Å². The van der Waals surface area contributed by atoms with Gasteiger partial charge in [-0.15, -0.1) is 0 Å². The van der Waals surface area contributed by atoms with Crippen molar-refractivity contribution >= 4 is 21.9 Å². The molecule has 0 N–H and O–H groups in total. The zero-order valence-electron chi connectivity index (χ0n) is 19.5. The van der Waals surface area contributed by atoms with Crippen LogP contribution in [0.1, 0.15) is 5.56 Å². The molecule has 0 aliphatic rings. The van der Waals surface area contributed by atoms with E-state index in [9.17, 15) is 13.2 Å². The lowest BCUT2D eigenvalue weighted by atomic mass is 10.1. The molecule has 35 heavy (non-hydrogen) atoms. The summed E-state index contributed by atoms with van der Waals surface area (Å²) >= 11 is 0. The minimum atomic E-state index is -3.29. The van der Waals surface area contributed by atoms with Crippen LogP contribution in [0.5, 0.6) is 0 Å². The van der Waals surface area contributed by atoms with Crippen molar-refractivity contribution in [2.45, 2.75) is 11.4 Å². The lowest BCUT2D eigenvalue weighted by Gasteiger charge is -2.09. The van der Waals surface area contributed by atoms with Gasteiger partial charge in [0.2, 0.25) is 0 Å². The number of hydrogen-bond donors (Lipinski definition) is 0. The van der Waals surface area contributed by atoms with Crippen molar-refractivity contribution < 1.29 is 8.42 Å². The summed E-state index contributed by atoms with van der Waals surface area (Å²) in [5, 5.41) is 4.48. The second kappa shape index (κ2) is 9.98. The van der Waals surface area contributed by atoms with Crippen molar-refractivity contribution in [2.24, 2.45) is 4.99 Å². The molecule has 0 saturated heterocycles. The molecular formula is C25H24N6O3S. The molecule has 0 atom stereocenters. The van der Waals surface area contributed by atoms with Gasteiger partial charge in [0.15, 0.2) is 15.7 Å².